The highest BCUT2D eigenvalue weighted by molar-refractivity contribution is 6.01. The second kappa shape index (κ2) is 4.55. The van der Waals surface area contributed by atoms with E-state index < -0.39 is 0 Å². The van der Waals surface area contributed by atoms with Crippen molar-refractivity contribution in [2.75, 3.05) is 6.54 Å². The summed E-state index contributed by atoms with van der Waals surface area (Å²) in [6, 6.07) is -0.0917. The molecule has 2 atom stereocenters. The van der Waals surface area contributed by atoms with E-state index in [9.17, 15) is 9.59 Å². The molecule has 4 heteroatoms. The predicted octanol–water partition coefficient (Wildman–Crippen LogP) is 0.509. The largest absolute Gasteiger partial charge is 0.326 e. The lowest BCUT2D eigenvalue weighted by molar-refractivity contribution is -0.138. The molecule has 0 unspecified atom stereocenters. The van der Waals surface area contributed by atoms with E-state index in [1.807, 2.05) is 6.92 Å². The molecule has 1 rings (SSSR count). The van der Waals surface area contributed by atoms with E-state index in [1.54, 1.807) is 0 Å². The fraction of sp³-hybridized carbons (Fsp3) is 0.800. The van der Waals surface area contributed by atoms with E-state index in [1.165, 1.54) is 4.90 Å². The number of hydrogen-bond donors (Lipinski definition) is 1. The van der Waals surface area contributed by atoms with Crippen molar-refractivity contribution in [2.24, 2.45) is 11.7 Å². The Kier molecular flexibility index (Phi) is 3.63. The van der Waals surface area contributed by atoms with Crippen LogP contribution in [-0.4, -0.2) is 29.3 Å². The molecule has 4 nitrogen and oxygen atoms in total. The predicted molar refractivity (Wildman–Crippen MR) is 53.4 cm³/mol. The molecule has 0 aromatic heterocycles. The molecule has 1 aliphatic rings. The Morgan fingerprint density at radius 1 is 1.36 bits per heavy atom. The smallest absolute Gasteiger partial charge is 0.229 e. The summed E-state index contributed by atoms with van der Waals surface area (Å²) in [7, 11) is 0. The summed E-state index contributed by atoms with van der Waals surface area (Å²) >= 11 is 0. The number of amides is 2. The molecular weight excluding hydrogens is 180 g/mol. The molecule has 1 fully saturated rings. The van der Waals surface area contributed by atoms with Gasteiger partial charge in [-0.2, -0.15) is 0 Å². The van der Waals surface area contributed by atoms with Crippen molar-refractivity contribution >= 4 is 11.8 Å². The van der Waals surface area contributed by atoms with Crippen LogP contribution in [0.3, 0.4) is 0 Å². The zero-order valence-corrected chi connectivity index (χ0v) is 8.82. The number of carbonyl (C=O) groups is 2. The van der Waals surface area contributed by atoms with Crippen LogP contribution < -0.4 is 5.73 Å². The Morgan fingerprint density at radius 3 is 2.29 bits per heavy atom. The van der Waals surface area contributed by atoms with E-state index in [4.69, 9.17) is 5.73 Å². The van der Waals surface area contributed by atoms with Crippen molar-refractivity contribution in [3.63, 3.8) is 0 Å². The summed E-state index contributed by atoms with van der Waals surface area (Å²) in [6.07, 6.45) is 1.68. The molecule has 0 spiro atoms. The molecule has 0 aliphatic carbocycles. The zero-order valence-electron chi connectivity index (χ0n) is 8.82. The van der Waals surface area contributed by atoms with Gasteiger partial charge in [-0.1, -0.05) is 20.3 Å². The van der Waals surface area contributed by atoms with Gasteiger partial charge in [-0.25, -0.2) is 0 Å². The monoisotopic (exact) mass is 198 g/mol. The third kappa shape index (κ3) is 2.32. The first-order chi connectivity index (χ1) is 6.56. The molecule has 2 N–H and O–H groups in total. The topological polar surface area (TPSA) is 63.4 Å². The van der Waals surface area contributed by atoms with Gasteiger partial charge < -0.3 is 5.73 Å². The highest BCUT2D eigenvalue weighted by Gasteiger charge is 2.30. The van der Waals surface area contributed by atoms with Crippen molar-refractivity contribution < 1.29 is 9.59 Å². The normalized spacial score (nSPS) is 21.5. The average Bonchev–Trinajstić information content (AvgIpc) is 2.48. The van der Waals surface area contributed by atoms with Gasteiger partial charge in [0.1, 0.15) is 0 Å². The van der Waals surface area contributed by atoms with Gasteiger partial charge in [0.2, 0.25) is 11.8 Å². The first-order valence-electron chi connectivity index (χ1n) is 5.15. The van der Waals surface area contributed by atoms with Crippen molar-refractivity contribution in [1.82, 2.24) is 4.90 Å². The third-order valence-corrected chi connectivity index (χ3v) is 2.92. The van der Waals surface area contributed by atoms with E-state index >= 15 is 0 Å². The van der Waals surface area contributed by atoms with Crippen LogP contribution in [0.2, 0.25) is 0 Å². The summed E-state index contributed by atoms with van der Waals surface area (Å²) in [6.45, 7) is 4.47. The van der Waals surface area contributed by atoms with Gasteiger partial charge in [-0.05, 0) is 5.92 Å². The Bertz CT molecular complexity index is 224. The van der Waals surface area contributed by atoms with Crippen LogP contribution in [0.15, 0.2) is 0 Å². The van der Waals surface area contributed by atoms with Gasteiger partial charge in [0.05, 0.1) is 0 Å². The Labute approximate surface area is 84.4 Å². The molecule has 0 saturated carbocycles. The number of hydrogen-bond acceptors (Lipinski definition) is 3. The number of nitrogens with zero attached hydrogens (tertiary/aromatic N) is 1. The van der Waals surface area contributed by atoms with Crippen molar-refractivity contribution in [2.45, 2.75) is 39.2 Å². The quantitative estimate of drug-likeness (QED) is 0.669. The molecule has 1 saturated heterocycles. The van der Waals surface area contributed by atoms with Crippen molar-refractivity contribution in [3.05, 3.63) is 0 Å². The van der Waals surface area contributed by atoms with E-state index in [2.05, 4.69) is 6.92 Å². The van der Waals surface area contributed by atoms with E-state index in [0.717, 1.165) is 6.42 Å². The number of rotatable bonds is 4. The molecule has 1 heterocycles. The van der Waals surface area contributed by atoms with Gasteiger partial charge in [0, 0.05) is 25.4 Å². The van der Waals surface area contributed by atoms with Crippen LogP contribution in [0.5, 0.6) is 0 Å². The summed E-state index contributed by atoms with van der Waals surface area (Å²) in [4.78, 5) is 23.9. The summed E-state index contributed by atoms with van der Waals surface area (Å²) in [5, 5.41) is 0. The van der Waals surface area contributed by atoms with Crippen molar-refractivity contribution in [3.8, 4) is 0 Å². The maximum Gasteiger partial charge on any atom is 0.229 e. The first kappa shape index (κ1) is 11.2. The van der Waals surface area contributed by atoms with Gasteiger partial charge in [0.25, 0.3) is 0 Å². The van der Waals surface area contributed by atoms with Gasteiger partial charge in [-0.3, -0.25) is 14.5 Å². The molecule has 0 radical (unpaired) electrons. The fourth-order valence-corrected chi connectivity index (χ4v) is 1.52. The molecule has 14 heavy (non-hydrogen) atoms. The maximum atomic E-state index is 11.3. The van der Waals surface area contributed by atoms with E-state index in [0.29, 0.717) is 25.3 Å². The second-order valence-electron chi connectivity index (χ2n) is 3.95. The molecule has 0 bridgehead atoms. The minimum Gasteiger partial charge on any atom is -0.326 e. The molecule has 80 valence electrons. The third-order valence-electron chi connectivity index (χ3n) is 2.92. The highest BCUT2D eigenvalue weighted by atomic mass is 16.2. The average molecular weight is 198 g/mol. The lowest BCUT2D eigenvalue weighted by Crippen LogP contribution is -2.43. The number of nitrogens with two attached hydrogens (primary N) is 1. The number of likely N-dealkylation sites (tertiary alicyclic amines) is 1. The summed E-state index contributed by atoms with van der Waals surface area (Å²) < 4.78 is 0. The standard InChI is InChI=1S/C10H18N2O2/c1-3-7(2)8(11)6-12-9(13)4-5-10(12)14/h7-8H,3-6,11H2,1-2H3/t7-,8-/m1/s1. The maximum absolute atomic E-state index is 11.3. The molecule has 0 aromatic carbocycles. The van der Waals surface area contributed by atoms with Crippen LogP contribution in [0, 0.1) is 5.92 Å². The first-order valence-corrected chi connectivity index (χ1v) is 5.15. The Balaban J connectivity index is 2.50. The van der Waals surface area contributed by atoms with Crippen LogP contribution >= 0.6 is 0 Å². The highest BCUT2D eigenvalue weighted by Crippen LogP contribution is 2.14. The van der Waals surface area contributed by atoms with Gasteiger partial charge >= 0.3 is 0 Å². The van der Waals surface area contributed by atoms with Crippen LogP contribution in [0.1, 0.15) is 33.1 Å². The fourth-order valence-electron chi connectivity index (χ4n) is 1.52. The van der Waals surface area contributed by atoms with Crippen molar-refractivity contribution in [1.29, 1.82) is 0 Å². The van der Waals surface area contributed by atoms with Crippen LogP contribution in [0.4, 0.5) is 0 Å². The summed E-state index contributed by atoms with van der Waals surface area (Å²) in [5.74, 6) is 0.193. The lowest BCUT2D eigenvalue weighted by Gasteiger charge is -2.23. The molecule has 1 aliphatic heterocycles. The minimum absolute atomic E-state index is 0.0752. The SMILES string of the molecule is CC[C@@H](C)[C@H](N)CN1C(=O)CCC1=O. The van der Waals surface area contributed by atoms with Crippen LogP contribution in [0.25, 0.3) is 0 Å². The Hall–Kier alpha value is -0.900. The van der Waals surface area contributed by atoms with Crippen LogP contribution in [-0.2, 0) is 9.59 Å². The number of carbonyl (C=O) groups excluding carboxylic acids is 2. The number of imide groups is 1. The lowest BCUT2D eigenvalue weighted by atomic mass is 10.00. The molecular formula is C10H18N2O2. The zero-order chi connectivity index (χ0) is 10.7. The van der Waals surface area contributed by atoms with Gasteiger partial charge in [-0.15, -0.1) is 0 Å². The molecule has 0 aromatic rings. The molecule has 2 amide bonds. The Morgan fingerprint density at radius 2 is 1.86 bits per heavy atom. The minimum atomic E-state index is -0.0917. The summed E-state index contributed by atoms with van der Waals surface area (Å²) in [5.41, 5.74) is 5.89. The van der Waals surface area contributed by atoms with E-state index in [-0.39, 0.29) is 17.9 Å². The second-order valence-corrected chi connectivity index (χ2v) is 3.95. The van der Waals surface area contributed by atoms with Gasteiger partial charge in [0.15, 0.2) is 0 Å².